The van der Waals surface area contributed by atoms with Gasteiger partial charge in [0, 0.05) is 19.2 Å². The Morgan fingerprint density at radius 2 is 2.04 bits per heavy atom. The van der Waals surface area contributed by atoms with Gasteiger partial charge in [-0.2, -0.15) is 0 Å². The first-order chi connectivity index (χ1) is 13.7. The highest BCUT2D eigenvalue weighted by Crippen LogP contribution is 2.22. The van der Waals surface area contributed by atoms with Gasteiger partial charge in [-0.1, -0.05) is 19.1 Å². The first-order valence-corrected chi connectivity index (χ1v) is 9.55. The van der Waals surface area contributed by atoms with Crippen molar-refractivity contribution in [1.82, 2.24) is 24.7 Å². The zero-order valence-electron chi connectivity index (χ0n) is 16.0. The van der Waals surface area contributed by atoms with Gasteiger partial charge in [-0.3, -0.25) is 9.20 Å². The number of aromatic amines is 1. The molecule has 0 atom stereocenters. The number of para-hydroxylation sites is 2. The number of amides is 1. The van der Waals surface area contributed by atoms with Crippen molar-refractivity contribution in [2.24, 2.45) is 0 Å². The number of nitrogens with one attached hydrogen (secondary N) is 2. The van der Waals surface area contributed by atoms with E-state index < -0.39 is 0 Å². The number of hydrogen-bond acceptors (Lipinski definition) is 4. The average molecular weight is 377 g/mol. The van der Waals surface area contributed by atoms with Gasteiger partial charge in [0.1, 0.15) is 11.5 Å². The molecule has 0 unspecified atom stereocenters. The number of H-pyrrole nitrogens is 1. The molecule has 3 aromatic heterocycles. The van der Waals surface area contributed by atoms with E-state index in [0.717, 1.165) is 22.6 Å². The van der Waals surface area contributed by atoms with Crippen LogP contribution in [0.1, 0.15) is 35.9 Å². The van der Waals surface area contributed by atoms with E-state index in [0.29, 0.717) is 43.1 Å². The van der Waals surface area contributed by atoms with Crippen molar-refractivity contribution >= 4 is 22.6 Å². The molecule has 0 aliphatic heterocycles. The molecule has 0 saturated carbocycles. The summed E-state index contributed by atoms with van der Waals surface area (Å²) in [5.74, 6) is 1.39. The van der Waals surface area contributed by atoms with Gasteiger partial charge >= 0.3 is 0 Å². The molecule has 0 aliphatic rings. The van der Waals surface area contributed by atoms with Crippen LogP contribution in [0.15, 0.2) is 42.6 Å². The van der Waals surface area contributed by atoms with Gasteiger partial charge in [0.15, 0.2) is 11.4 Å². The number of benzene rings is 1. The van der Waals surface area contributed by atoms with E-state index in [4.69, 9.17) is 4.74 Å². The van der Waals surface area contributed by atoms with Gasteiger partial charge in [0.25, 0.3) is 5.91 Å². The lowest BCUT2D eigenvalue weighted by Crippen LogP contribution is -2.28. The summed E-state index contributed by atoms with van der Waals surface area (Å²) in [6.07, 6.45) is 3.14. The van der Waals surface area contributed by atoms with Crippen LogP contribution in [0.25, 0.3) is 16.7 Å². The summed E-state index contributed by atoms with van der Waals surface area (Å²) in [6.45, 7) is 4.96. The van der Waals surface area contributed by atoms with Crippen molar-refractivity contribution in [3.8, 4) is 5.75 Å². The Kier molecular flexibility index (Phi) is 4.97. The first kappa shape index (κ1) is 18.0. The molecule has 7 nitrogen and oxygen atoms in total. The second-order valence-electron chi connectivity index (χ2n) is 6.47. The SMILES string of the molecule is CCOc1cccn2c(C(=O)NCCc3nc4ccccc4[nH]3)c(CC)nc12. The number of fused-ring (bicyclic) bond motifs is 2. The Hall–Kier alpha value is -3.35. The van der Waals surface area contributed by atoms with Crippen LogP contribution < -0.4 is 10.1 Å². The highest BCUT2D eigenvalue weighted by Gasteiger charge is 2.20. The first-order valence-electron chi connectivity index (χ1n) is 9.55. The average Bonchev–Trinajstić information content (AvgIpc) is 3.29. The highest BCUT2D eigenvalue weighted by atomic mass is 16.5. The quantitative estimate of drug-likeness (QED) is 0.518. The van der Waals surface area contributed by atoms with Crippen LogP contribution in [-0.2, 0) is 12.8 Å². The Morgan fingerprint density at radius 1 is 1.18 bits per heavy atom. The molecule has 2 N–H and O–H groups in total. The number of rotatable bonds is 7. The molecule has 0 aliphatic carbocycles. The predicted octanol–water partition coefficient (Wildman–Crippen LogP) is 3.14. The van der Waals surface area contributed by atoms with Crippen molar-refractivity contribution in [3.63, 3.8) is 0 Å². The van der Waals surface area contributed by atoms with E-state index in [9.17, 15) is 4.79 Å². The maximum absolute atomic E-state index is 12.9. The zero-order chi connectivity index (χ0) is 19.5. The minimum atomic E-state index is -0.144. The largest absolute Gasteiger partial charge is 0.490 e. The zero-order valence-corrected chi connectivity index (χ0v) is 16.0. The molecule has 1 amide bonds. The number of carbonyl (C=O) groups is 1. The number of ether oxygens (including phenoxy) is 1. The third-order valence-electron chi connectivity index (χ3n) is 4.62. The molecule has 0 saturated heterocycles. The van der Waals surface area contributed by atoms with Crippen LogP contribution in [-0.4, -0.2) is 38.4 Å². The van der Waals surface area contributed by atoms with E-state index in [1.165, 1.54) is 0 Å². The van der Waals surface area contributed by atoms with Crippen LogP contribution in [0.4, 0.5) is 0 Å². The molecule has 7 heteroatoms. The number of hydrogen-bond donors (Lipinski definition) is 2. The van der Waals surface area contributed by atoms with Crippen molar-refractivity contribution in [2.45, 2.75) is 26.7 Å². The topological polar surface area (TPSA) is 84.3 Å². The van der Waals surface area contributed by atoms with Gasteiger partial charge in [-0.05, 0) is 37.6 Å². The summed E-state index contributed by atoms with van der Waals surface area (Å²) >= 11 is 0. The third-order valence-corrected chi connectivity index (χ3v) is 4.62. The van der Waals surface area contributed by atoms with E-state index >= 15 is 0 Å². The summed E-state index contributed by atoms with van der Waals surface area (Å²) in [4.78, 5) is 25.3. The van der Waals surface area contributed by atoms with Crippen LogP contribution in [0, 0.1) is 0 Å². The Balaban J connectivity index is 1.52. The minimum Gasteiger partial charge on any atom is -0.490 e. The third kappa shape index (κ3) is 3.31. The predicted molar refractivity (Wildman–Crippen MR) is 108 cm³/mol. The van der Waals surface area contributed by atoms with E-state index in [-0.39, 0.29) is 5.91 Å². The Labute approximate surface area is 162 Å². The van der Waals surface area contributed by atoms with Crippen molar-refractivity contribution in [1.29, 1.82) is 0 Å². The number of aryl methyl sites for hydroxylation is 1. The molecule has 0 spiro atoms. The summed E-state index contributed by atoms with van der Waals surface area (Å²) < 4.78 is 7.46. The molecule has 4 rings (SSSR count). The lowest BCUT2D eigenvalue weighted by molar-refractivity contribution is 0.0947. The van der Waals surface area contributed by atoms with Crippen LogP contribution >= 0.6 is 0 Å². The molecule has 144 valence electrons. The number of imidazole rings is 2. The number of carbonyl (C=O) groups excluding carboxylic acids is 1. The second kappa shape index (κ2) is 7.72. The molecule has 0 bridgehead atoms. The van der Waals surface area contributed by atoms with Crippen molar-refractivity contribution < 1.29 is 9.53 Å². The lowest BCUT2D eigenvalue weighted by atomic mass is 10.2. The van der Waals surface area contributed by atoms with E-state index in [1.807, 2.05) is 56.4 Å². The van der Waals surface area contributed by atoms with Gasteiger partial charge in [0.2, 0.25) is 0 Å². The minimum absolute atomic E-state index is 0.144. The van der Waals surface area contributed by atoms with Gasteiger partial charge in [0.05, 0.1) is 23.3 Å². The molecule has 28 heavy (non-hydrogen) atoms. The molecule has 0 radical (unpaired) electrons. The van der Waals surface area contributed by atoms with Gasteiger partial charge in [-0.25, -0.2) is 9.97 Å². The van der Waals surface area contributed by atoms with Crippen LogP contribution in [0.3, 0.4) is 0 Å². The smallest absolute Gasteiger partial charge is 0.270 e. The fraction of sp³-hybridized carbons (Fsp3) is 0.286. The maximum Gasteiger partial charge on any atom is 0.270 e. The number of nitrogens with zero attached hydrogens (tertiary/aromatic N) is 3. The van der Waals surface area contributed by atoms with E-state index in [2.05, 4.69) is 20.3 Å². The molecular formula is C21H23N5O2. The highest BCUT2D eigenvalue weighted by molar-refractivity contribution is 5.95. The summed E-state index contributed by atoms with van der Waals surface area (Å²) in [6, 6.07) is 11.6. The Bertz CT molecular complexity index is 1100. The normalized spacial score (nSPS) is 11.2. The molecule has 3 heterocycles. The summed E-state index contributed by atoms with van der Waals surface area (Å²) in [5.41, 5.74) is 3.92. The molecule has 0 fully saturated rings. The Morgan fingerprint density at radius 3 is 2.82 bits per heavy atom. The standard InChI is InChI=1S/C21H23N5O2/c1-3-14-19(26-13-7-10-17(28-4-2)20(26)25-14)21(27)22-12-11-18-23-15-8-5-6-9-16(15)24-18/h5-10,13H,3-4,11-12H2,1-2H3,(H,22,27)(H,23,24). The molecule has 1 aromatic carbocycles. The van der Waals surface area contributed by atoms with Gasteiger partial charge in [-0.15, -0.1) is 0 Å². The monoisotopic (exact) mass is 377 g/mol. The molecule has 4 aromatic rings. The second-order valence-corrected chi connectivity index (χ2v) is 6.47. The lowest BCUT2D eigenvalue weighted by Gasteiger charge is -2.07. The van der Waals surface area contributed by atoms with E-state index in [1.54, 1.807) is 4.40 Å². The number of aromatic nitrogens is 4. The van der Waals surface area contributed by atoms with Crippen LogP contribution in [0.5, 0.6) is 5.75 Å². The molecular weight excluding hydrogens is 354 g/mol. The van der Waals surface area contributed by atoms with Gasteiger partial charge < -0.3 is 15.0 Å². The maximum atomic E-state index is 12.9. The summed E-state index contributed by atoms with van der Waals surface area (Å²) in [7, 11) is 0. The van der Waals surface area contributed by atoms with Crippen LogP contribution in [0.2, 0.25) is 0 Å². The van der Waals surface area contributed by atoms with Crippen molar-refractivity contribution in [2.75, 3.05) is 13.2 Å². The number of pyridine rings is 1. The fourth-order valence-corrected chi connectivity index (χ4v) is 3.35. The van der Waals surface area contributed by atoms with Crippen molar-refractivity contribution in [3.05, 3.63) is 59.8 Å². The summed E-state index contributed by atoms with van der Waals surface area (Å²) in [5, 5.41) is 3.00. The fourth-order valence-electron chi connectivity index (χ4n) is 3.35.